The van der Waals surface area contributed by atoms with Crippen molar-refractivity contribution in [1.29, 1.82) is 0 Å². The molecule has 0 bridgehead atoms. The number of amides is 1. The highest BCUT2D eigenvalue weighted by molar-refractivity contribution is 7.87. The molecule has 0 aliphatic heterocycles. The third-order valence-electron chi connectivity index (χ3n) is 4.22. The van der Waals surface area contributed by atoms with Gasteiger partial charge < -0.3 is 4.18 Å². The fourth-order valence-electron chi connectivity index (χ4n) is 2.59. The molecule has 3 aromatic rings. The van der Waals surface area contributed by atoms with Crippen LogP contribution in [0.4, 0.5) is 5.69 Å². The molecular weight excluding hydrogens is 458 g/mol. The van der Waals surface area contributed by atoms with E-state index < -0.39 is 20.9 Å². The molecule has 3 aromatic carbocycles. The van der Waals surface area contributed by atoms with Crippen molar-refractivity contribution in [3.8, 4) is 5.75 Å². The Morgan fingerprint density at radius 3 is 2.50 bits per heavy atom. The first kappa shape index (κ1) is 22.9. The van der Waals surface area contributed by atoms with Gasteiger partial charge in [0.05, 0.1) is 11.1 Å². The molecule has 1 N–H and O–H groups in total. The zero-order valence-corrected chi connectivity index (χ0v) is 18.1. The van der Waals surface area contributed by atoms with Crippen LogP contribution in [0.25, 0.3) is 0 Å². The molecule has 0 fully saturated rings. The summed E-state index contributed by atoms with van der Waals surface area (Å²) in [6, 6.07) is 15.7. The molecule has 0 aliphatic rings. The second-order valence-corrected chi connectivity index (χ2v) is 8.50. The van der Waals surface area contributed by atoms with Crippen LogP contribution in [0.15, 0.2) is 76.7 Å². The smallest absolute Gasteiger partial charge is 0.339 e. The molecule has 164 valence electrons. The third kappa shape index (κ3) is 5.68. The molecule has 1 amide bonds. The van der Waals surface area contributed by atoms with E-state index in [2.05, 4.69) is 10.5 Å². The molecule has 0 spiro atoms. The number of hydrogen-bond acceptors (Lipinski definition) is 7. The molecular formula is C21H16ClN3O6S. The van der Waals surface area contributed by atoms with Crippen LogP contribution in [0.1, 0.15) is 21.5 Å². The summed E-state index contributed by atoms with van der Waals surface area (Å²) in [6.45, 7) is 1.51. The quantitative estimate of drug-likeness (QED) is 0.238. The monoisotopic (exact) mass is 473 g/mol. The Kier molecular flexibility index (Phi) is 6.86. The second kappa shape index (κ2) is 9.58. The van der Waals surface area contributed by atoms with Crippen LogP contribution in [0.5, 0.6) is 5.75 Å². The predicted octanol–water partition coefficient (Wildman–Crippen LogP) is 4.09. The normalized spacial score (nSPS) is 11.3. The van der Waals surface area contributed by atoms with Crippen LogP contribution in [0, 0.1) is 17.0 Å². The van der Waals surface area contributed by atoms with E-state index in [1.165, 1.54) is 55.6 Å². The maximum absolute atomic E-state index is 12.5. The van der Waals surface area contributed by atoms with E-state index in [1.807, 2.05) is 0 Å². The van der Waals surface area contributed by atoms with Gasteiger partial charge in [-0.15, -0.1) is 0 Å². The van der Waals surface area contributed by atoms with Gasteiger partial charge >= 0.3 is 10.1 Å². The van der Waals surface area contributed by atoms with Crippen LogP contribution < -0.4 is 9.61 Å². The van der Waals surface area contributed by atoms with E-state index in [1.54, 1.807) is 18.2 Å². The molecule has 3 rings (SSSR count). The third-order valence-corrected chi connectivity index (χ3v) is 5.70. The van der Waals surface area contributed by atoms with E-state index in [4.69, 9.17) is 15.8 Å². The standard InChI is InChI=1S/C21H16ClN3O6S/c1-14-5-10-19(12-20(14)25(27)28)32(29,30)31-18-8-6-15(7-9-18)13-23-24-21(26)16-3-2-4-17(22)11-16/h2-13H,1H3,(H,24,26)/b23-13+. The first-order valence-electron chi connectivity index (χ1n) is 9.04. The number of nitrogens with one attached hydrogen (secondary N) is 1. The summed E-state index contributed by atoms with van der Waals surface area (Å²) in [5, 5.41) is 15.3. The van der Waals surface area contributed by atoms with Crippen molar-refractivity contribution in [1.82, 2.24) is 5.43 Å². The first-order chi connectivity index (χ1) is 15.2. The number of nitrogens with zero attached hydrogens (tertiary/aromatic N) is 2. The lowest BCUT2D eigenvalue weighted by atomic mass is 10.2. The lowest BCUT2D eigenvalue weighted by Gasteiger charge is -2.08. The minimum absolute atomic E-state index is 0.00772. The Morgan fingerprint density at radius 2 is 1.84 bits per heavy atom. The van der Waals surface area contributed by atoms with E-state index in [-0.39, 0.29) is 16.3 Å². The highest BCUT2D eigenvalue weighted by atomic mass is 35.5. The summed E-state index contributed by atoms with van der Waals surface area (Å²) in [4.78, 5) is 22.1. The number of carbonyl (C=O) groups is 1. The van der Waals surface area contributed by atoms with Crippen molar-refractivity contribution < 1.29 is 22.3 Å². The van der Waals surface area contributed by atoms with Gasteiger partial charge in [-0.3, -0.25) is 14.9 Å². The van der Waals surface area contributed by atoms with E-state index in [0.29, 0.717) is 21.7 Å². The topological polar surface area (TPSA) is 128 Å². The van der Waals surface area contributed by atoms with E-state index in [0.717, 1.165) is 6.07 Å². The molecule has 32 heavy (non-hydrogen) atoms. The van der Waals surface area contributed by atoms with Gasteiger partial charge in [0.25, 0.3) is 11.6 Å². The Bertz CT molecular complexity index is 1310. The van der Waals surface area contributed by atoms with E-state index >= 15 is 0 Å². The maximum atomic E-state index is 12.5. The Balaban J connectivity index is 1.66. The first-order valence-corrected chi connectivity index (χ1v) is 10.8. The van der Waals surface area contributed by atoms with Gasteiger partial charge in [-0.05, 0) is 61.0 Å². The summed E-state index contributed by atoms with van der Waals surface area (Å²) in [5.74, 6) is -0.435. The van der Waals surface area contributed by atoms with Crippen molar-refractivity contribution in [3.63, 3.8) is 0 Å². The number of aryl methyl sites for hydroxylation is 1. The van der Waals surface area contributed by atoms with Crippen LogP contribution in [0.2, 0.25) is 5.02 Å². The molecule has 0 heterocycles. The largest absolute Gasteiger partial charge is 0.379 e. The summed E-state index contributed by atoms with van der Waals surface area (Å²) in [5.41, 5.74) is 3.28. The van der Waals surface area contributed by atoms with Gasteiger partial charge in [-0.2, -0.15) is 13.5 Å². The molecule has 0 atom stereocenters. The number of benzene rings is 3. The van der Waals surface area contributed by atoms with Gasteiger partial charge in [0.2, 0.25) is 0 Å². The molecule has 0 radical (unpaired) electrons. The molecule has 0 aromatic heterocycles. The zero-order chi connectivity index (χ0) is 23.3. The van der Waals surface area contributed by atoms with Crippen LogP contribution in [0.3, 0.4) is 0 Å². The molecule has 0 saturated heterocycles. The number of nitro benzene ring substituents is 1. The van der Waals surface area contributed by atoms with Crippen molar-refractivity contribution in [3.05, 3.63) is 98.6 Å². The van der Waals surface area contributed by atoms with Gasteiger partial charge in [-0.1, -0.05) is 23.7 Å². The maximum Gasteiger partial charge on any atom is 0.339 e. The molecule has 0 aliphatic carbocycles. The fraction of sp³-hybridized carbons (Fsp3) is 0.0476. The Hall–Kier alpha value is -3.76. The predicted molar refractivity (Wildman–Crippen MR) is 119 cm³/mol. The average molecular weight is 474 g/mol. The zero-order valence-electron chi connectivity index (χ0n) is 16.6. The number of nitro groups is 1. The van der Waals surface area contributed by atoms with Gasteiger partial charge in [0.15, 0.2) is 0 Å². The van der Waals surface area contributed by atoms with Gasteiger partial charge in [0.1, 0.15) is 10.6 Å². The summed E-state index contributed by atoms with van der Waals surface area (Å²) in [6.07, 6.45) is 1.37. The minimum Gasteiger partial charge on any atom is -0.379 e. The highest BCUT2D eigenvalue weighted by Gasteiger charge is 2.21. The summed E-state index contributed by atoms with van der Waals surface area (Å²) < 4.78 is 30.0. The number of rotatable bonds is 7. The van der Waals surface area contributed by atoms with Crippen molar-refractivity contribution in [2.75, 3.05) is 0 Å². The van der Waals surface area contributed by atoms with Crippen molar-refractivity contribution in [2.45, 2.75) is 11.8 Å². The SMILES string of the molecule is Cc1ccc(S(=O)(=O)Oc2ccc(/C=N/NC(=O)c3cccc(Cl)c3)cc2)cc1[N+](=O)[O-]. The Labute approximate surface area is 188 Å². The Morgan fingerprint density at radius 1 is 1.12 bits per heavy atom. The number of carbonyl (C=O) groups excluding carboxylic acids is 1. The molecule has 11 heteroatoms. The molecule has 9 nitrogen and oxygen atoms in total. The van der Waals surface area contributed by atoms with Crippen LogP contribution >= 0.6 is 11.6 Å². The minimum atomic E-state index is -4.27. The average Bonchev–Trinajstić information content (AvgIpc) is 2.74. The highest BCUT2D eigenvalue weighted by Crippen LogP contribution is 2.25. The van der Waals surface area contributed by atoms with Gasteiger partial charge in [-0.25, -0.2) is 5.43 Å². The fourth-order valence-corrected chi connectivity index (χ4v) is 3.73. The lowest BCUT2D eigenvalue weighted by molar-refractivity contribution is -0.385. The van der Waals surface area contributed by atoms with E-state index in [9.17, 15) is 23.3 Å². The molecule has 0 saturated carbocycles. The van der Waals surface area contributed by atoms with Crippen molar-refractivity contribution in [2.24, 2.45) is 5.10 Å². The van der Waals surface area contributed by atoms with Crippen LogP contribution in [-0.2, 0) is 10.1 Å². The van der Waals surface area contributed by atoms with Crippen LogP contribution in [-0.4, -0.2) is 25.5 Å². The lowest BCUT2D eigenvalue weighted by Crippen LogP contribution is -2.17. The van der Waals surface area contributed by atoms with Crippen molar-refractivity contribution >= 4 is 39.5 Å². The molecule has 0 unspecified atom stereocenters. The second-order valence-electron chi connectivity index (χ2n) is 6.52. The summed E-state index contributed by atoms with van der Waals surface area (Å²) in [7, 11) is -4.27. The number of hydrogen-bond donors (Lipinski definition) is 1. The summed E-state index contributed by atoms with van der Waals surface area (Å²) >= 11 is 5.84. The van der Waals surface area contributed by atoms with Gasteiger partial charge in [0, 0.05) is 22.2 Å². The number of halogens is 1. The number of hydrazone groups is 1.